The molecule has 0 radical (unpaired) electrons. The molecule has 4 nitrogen and oxygen atoms in total. The maximum absolute atomic E-state index is 11.4. The molecule has 0 rings (SSSR count). The van der Waals surface area contributed by atoms with Crippen LogP contribution in [0.4, 0.5) is 0 Å². The summed E-state index contributed by atoms with van der Waals surface area (Å²) in [7, 11) is -1.07. The minimum absolute atomic E-state index is 0.0529. The fourth-order valence-electron chi connectivity index (χ4n) is 0.991. The van der Waals surface area contributed by atoms with E-state index in [2.05, 4.69) is 12.2 Å². The highest BCUT2D eigenvalue weighted by molar-refractivity contribution is 7.85. The van der Waals surface area contributed by atoms with Gasteiger partial charge in [-0.25, -0.2) is 0 Å². The normalized spacial score (nSPS) is 14.6. The molecule has 2 unspecified atom stereocenters. The largest absolute Gasteiger partial charge is 0.355 e. The van der Waals surface area contributed by atoms with Gasteiger partial charge in [-0.1, -0.05) is 13.3 Å². The lowest BCUT2D eigenvalue weighted by Crippen LogP contribution is -2.30. The van der Waals surface area contributed by atoms with Gasteiger partial charge in [-0.15, -0.1) is 0 Å². The van der Waals surface area contributed by atoms with Crippen LogP contribution in [0.1, 0.15) is 33.1 Å². The zero-order chi connectivity index (χ0) is 11.7. The van der Waals surface area contributed by atoms with E-state index in [0.717, 1.165) is 12.8 Å². The number of hydrogen-bond donors (Lipinski definition) is 2. The van der Waals surface area contributed by atoms with E-state index in [9.17, 15) is 9.00 Å². The standard InChI is InChI=1S/C10H22N2O2S/c1-3-4-6-12-10(13)8-15(14)7-5-9(2)11/h9H,3-8,11H2,1-2H3,(H,12,13). The van der Waals surface area contributed by atoms with Crippen molar-refractivity contribution in [1.29, 1.82) is 0 Å². The quantitative estimate of drug-likeness (QED) is 0.597. The van der Waals surface area contributed by atoms with E-state index in [1.54, 1.807) is 0 Å². The number of nitrogens with one attached hydrogen (secondary N) is 1. The molecular formula is C10H22N2O2S. The lowest BCUT2D eigenvalue weighted by Gasteiger charge is -2.06. The second-order valence-electron chi connectivity index (χ2n) is 3.76. The molecule has 0 aliphatic rings. The molecule has 0 aromatic heterocycles. The van der Waals surface area contributed by atoms with Crippen molar-refractivity contribution in [2.24, 2.45) is 5.73 Å². The zero-order valence-electron chi connectivity index (χ0n) is 9.62. The van der Waals surface area contributed by atoms with Gasteiger partial charge in [-0.05, 0) is 19.8 Å². The molecule has 1 amide bonds. The van der Waals surface area contributed by atoms with Crippen LogP contribution in [0.3, 0.4) is 0 Å². The van der Waals surface area contributed by atoms with Crippen molar-refractivity contribution < 1.29 is 9.00 Å². The molecule has 90 valence electrons. The highest BCUT2D eigenvalue weighted by atomic mass is 32.2. The fraction of sp³-hybridized carbons (Fsp3) is 0.900. The number of hydrogen-bond acceptors (Lipinski definition) is 3. The summed E-state index contributed by atoms with van der Waals surface area (Å²) in [6.07, 6.45) is 2.72. The van der Waals surface area contributed by atoms with Crippen molar-refractivity contribution in [1.82, 2.24) is 5.32 Å². The molecule has 0 aliphatic heterocycles. The minimum atomic E-state index is -1.07. The average molecular weight is 234 g/mol. The van der Waals surface area contributed by atoms with Gasteiger partial charge in [0.2, 0.25) is 5.91 Å². The summed E-state index contributed by atoms with van der Waals surface area (Å²) >= 11 is 0. The highest BCUT2D eigenvalue weighted by Gasteiger charge is 2.07. The van der Waals surface area contributed by atoms with Crippen LogP contribution in [0.2, 0.25) is 0 Å². The summed E-state index contributed by atoms with van der Waals surface area (Å²) in [4.78, 5) is 11.2. The molecule has 0 heterocycles. The van der Waals surface area contributed by atoms with Crippen molar-refractivity contribution in [2.75, 3.05) is 18.1 Å². The Bertz CT molecular complexity index is 208. The third-order valence-electron chi connectivity index (χ3n) is 1.95. The first-order valence-electron chi connectivity index (χ1n) is 5.43. The second kappa shape index (κ2) is 8.85. The lowest BCUT2D eigenvalue weighted by molar-refractivity contribution is -0.118. The van der Waals surface area contributed by atoms with Gasteiger partial charge < -0.3 is 11.1 Å². The van der Waals surface area contributed by atoms with E-state index < -0.39 is 10.8 Å². The third-order valence-corrected chi connectivity index (χ3v) is 3.22. The SMILES string of the molecule is CCCCNC(=O)CS(=O)CCC(C)N. The molecular weight excluding hydrogens is 212 g/mol. The Morgan fingerprint density at radius 2 is 2.20 bits per heavy atom. The van der Waals surface area contributed by atoms with Gasteiger partial charge in [0.25, 0.3) is 0 Å². The first-order chi connectivity index (χ1) is 7.06. The average Bonchev–Trinajstić information content (AvgIpc) is 2.15. The van der Waals surface area contributed by atoms with Crippen molar-refractivity contribution in [3.8, 4) is 0 Å². The Kier molecular flexibility index (Phi) is 8.61. The van der Waals surface area contributed by atoms with E-state index in [-0.39, 0.29) is 17.7 Å². The molecule has 0 bridgehead atoms. The van der Waals surface area contributed by atoms with E-state index in [4.69, 9.17) is 5.73 Å². The Morgan fingerprint density at radius 3 is 2.73 bits per heavy atom. The van der Waals surface area contributed by atoms with E-state index >= 15 is 0 Å². The van der Waals surface area contributed by atoms with Crippen LogP contribution < -0.4 is 11.1 Å². The highest BCUT2D eigenvalue weighted by Crippen LogP contribution is 1.92. The maximum atomic E-state index is 11.4. The monoisotopic (exact) mass is 234 g/mol. The van der Waals surface area contributed by atoms with Gasteiger partial charge in [-0.3, -0.25) is 9.00 Å². The fourth-order valence-corrected chi connectivity index (χ4v) is 2.16. The lowest BCUT2D eigenvalue weighted by atomic mass is 10.3. The van der Waals surface area contributed by atoms with Crippen molar-refractivity contribution in [3.05, 3.63) is 0 Å². The number of carbonyl (C=O) groups is 1. The first-order valence-corrected chi connectivity index (χ1v) is 6.92. The molecule has 0 aromatic carbocycles. The number of rotatable bonds is 8. The summed E-state index contributed by atoms with van der Waals surface area (Å²) in [6.45, 7) is 4.62. The molecule has 0 saturated heterocycles. The van der Waals surface area contributed by atoms with Gasteiger partial charge in [0.15, 0.2) is 0 Å². The van der Waals surface area contributed by atoms with E-state index in [0.29, 0.717) is 18.7 Å². The Hall–Kier alpha value is -0.420. The van der Waals surface area contributed by atoms with Crippen LogP contribution >= 0.6 is 0 Å². The van der Waals surface area contributed by atoms with Crippen molar-refractivity contribution >= 4 is 16.7 Å². The smallest absolute Gasteiger partial charge is 0.232 e. The molecule has 15 heavy (non-hydrogen) atoms. The van der Waals surface area contributed by atoms with Gasteiger partial charge in [0.1, 0.15) is 5.75 Å². The van der Waals surface area contributed by atoms with Crippen LogP contribution in [-0.4, -0.2) is 34.2 Å². The molecule has 0 fully saturated rings. The van der Waals surface area contributed by atoms with Crippen LogP contribution in [0.15, 0.2) is 0 Å². The molecule has 3 N–H and O–H groups in total. The number of amides is 1. The Balaban J connectivity index is 3.53. The molecule has 0 spiro atoms. The van der Waals surface area contributed by atoms with Crippen LogP contribution in [0, 0.1) is 0 Å². The first kappa shape index (κ1) is 14.6. The van der Waals surface area contributed by atoms with Crippen LogP contribution in [-0.2, 0) is 15.6 Å². The summed E-state index contributed by atoms with van der Waals surface area (Å²) in [5, 5.41) is 2.74. The van der Waals surface area contributed by atoms with Gasteiger partial charge in [0.05, 0.1) is 0 Å². The van der Waals surface area contributed by atoms with Gasteiger partial charge >= 0.3 is 0 Å². The maximum Gasteiger partial charge on any atom is 0.232 e. The Labute approximate surface area is 94.4 Å². The zero-order valence-corrected chi connectivity index (χ0v) is 10.4. The van der Waals surface area contributed by atoms with E-state index in [1.165, 1.54) is 0 Å². The predicted octanol–water partition coefficient (Wildman–Crippen LogP) is 0.389. The van der Waals surface area contributed by atoms with Gasteiger partial charge in [0, 0.05) is 29.1 Å². The Morgan fingerprint density at radius 1 is 1.53 bits per heavy atom. The van der Waals surface area contributed by atoms with E-state index in [1.807, 2.05) is 6.92 Å². The summed E-state index contributed by atoms with van der Waals surface area (Å²) in [5.74, 6) is 0.501. The molecule has 0 saturated carbocycles. The van der Waals surface area contributed by atoms with Crippen molar-refractivity contribution in [2.45, 2.75) is 39.2 Å². The summed E-state index contributed by atoms with van der Waals surface area (Å²) in [6, 6.07) is 0.0529. The van der Waals surface area contributed by atoms with Crippen LogP contribution in [0.25, 0.3) is 0 Å². The van der Waals surface area contributed by atoms with Gasteiger partial charge in [-0.2, -0.15) is 0 Å². The molecule has 2 atom stereocenters. The second-order valence-corrected chi connectivity index (χ2v) is 5.33. The minimum Gasteiger partial charge on any atom is -0.355 e. The number of carbonyl (C=O) groups excluding carboxylic acids is 1. The summed E-state index contributed by atoms with van der Waals surface area (Å²) in [5.41, 5.74) is 5.53. The van der Waals surface area contributed by atoms with Crippen LogP contribution in [0.5, 0.6) is 0 Å². The number of nitrogens with two attached hydrogens (primary N) is 1. The molecule has 0 aromatic rings. The number of unbranched alkanes of at least 4 members (excludes halogenated alkanes) is 1. The van der Waals surface area contributed by atoms with Crippen molar-refractivity contribution in [3.63, 3.8) is 0 Å². The molecule has 5 heteroatoms. The topological polar surface area (TPSA) is 72.2 Å². The summed E-state index contributed by atoms with van der Waals surface area (Å²) < 4.78 is 11.4. The molecule has 0 aliphatic carbocycles. The predicted molar refractivity (Wildman–Crippen MR) is 64.1 cm³/mol. The third kappa shape index (κ3) is 9.87.